The van der Waals surface area contributed by atoms with Gasteiger partial charge in [0.1, 0.15) is 17.5 Å². The molecule has 0 unspecified atom stereocenters. The predicted molar refractivity (Wildman–Crippen MR) is 107 cm³/mol. The fourth-order valence-electron chi connectivity index (χ4n) is 3.29. The zero-order valence-electron chi connectivity index (χ0n) is 16.0. The van der Waals surface area contributed by atoms with Gasteiger partial charge in [0.05, 0.1) is 19.8 Å². The van der Waals surface area contributed by atoms with E-state index in [1.807, 2.05) is 0 Å². The molecule has 30 heavy (non-hydrogen) atoms. The minimum absolute atomic E-state index is 0.0578. The number of carbonyl (C=O) groups excluding carboxylic acids is 2. The second-order valence-corrected chi connectivity index (χ2v) is 6.74. The maximum atomic E-state index is 13.6. The number of methoxy groups -OCH3 is 2. The Kier molecular flexibility index (Phi) is 5.20. The quantitative estimate of drug-likeness (QED) is 0.491. The average molecular weight is 426 g/mol. The third-order valence-electron chi connectivity index (χ3n) is 4.68. The summed E-state index contributed by atoms with van der Waals surface area (Å²) in [7, 11) is 2.73. The molecule has 0 fully saturated rings. The highest BCUT2D eigenvalue weighted by atomic mass is 35.5. The van der Waals surface area contributed by atoms with Crippen LogP contribution in [0.3, 0.4) is 0 Å². The third kappa shape index (κ3) is 3.29. The van der Waals surface area contributed by atoms with E-state index in [4.69, 9.17) is 21.1 Å². The number of anilines is 1. The molecule has 10 heteroatoms. The van der Waals surface area contributed by atoms with Gasteiger partial charge in [0, 0.05) is 16.1 Å². The van der Waals surface area contributed by atoms with Gasteiger partial charge >= 0.3 is 5.97 Å². The van der Waals surface area contributed by atoms with Crippen molar-refractivity contribution in [2.24, 2.45) is 0 Å². The Morgan fingerprint density at radius 3 is 2.67 bits per heavy atom. The van der Waals surface area contributed by atoms with Crippen LogP contribution in [0.1, 0.15) is 22.0 Å². The molecular weight excluding hydrogens is 410 g/mol. The van der Waals surface area contributed by atoms with Crippen molar-refractivity contribution in [2.45, 2.75) is 6.04 Å². The SMILES string of the molecule is COC(=O)C1=C(C(=O)c2cccc(OC)c2)[C@H](c2ccccc2Cl)n2nnnc2N1. The van der Waals surface area contributed by atoms with Crippen LogP contribution in [0.5, 0.6) is 5.75 Å². The van der Waals surface area contributed by atoms with Crippen LogP contribution in [0.15, 0.2) is 59.8 Å². The van der Waals surface area contributed by atoms with E-state index in [1.54, 1.807) is 48.5 Å². The zero-order chi connectivity index (χ0) is 21.3. The molecule has 152 valence electrons. The van der Waals surface area contributed by atoms with Crippen LogP contribution in [-0.4, -0.2) is 46.2 Å². The average Bonchev–Trinajstić information content (AvgIpc) is 3.26. The summed E-state index contributed by atoms with van der Waals surface area (Å²) in [6, 6.07) is 12.8. The maximum Gasteiger partial charge on any atom is 0.355 e. The molecule has 1 atom stereocenters. The lowest BCUT2D eigenvalue weighted by Gasteiger charge is -2.28. The fraction of sp³-hybridized carbons (Fsp3) is 0.150. The number of aromatic nitrogens is 4. The van der Waals surface area contributed by atoms with Crippen LogP contribution in [0.25, 0.3) is 0 Å². The summed E-state index contributed by atoms with van der Waals surface area (Å²) in [4.78, 5) is 26.2. The van der Waals surface area contributed by atoms with E-state index in [2.05, 4.69) is 20.8 Å². The van der Waals surface area contributed by atoms with Crippen LogP contribution in [0.4, 0.5) is 5.95 Å². The van der Waals surface area contributed by atoms with Gasteiger partial charge in [0.2, 0.25) is 5.95 Å². The number of allylic oxidation sites excluding steroid dienone is 1. The molecule has 4 rings (SSSR count). The van der Waals surface area contributed by atoms with Crippen LogP contribution >= 0.6 is 11.6 Å². The van der Waals surface area contributed by atoms with Gasteiger partial charge in [-0.25, -0.2) is 4.79 Å². The summed E-state index contributed by atoms with van der Waals surface area (Å²) < 4.78 is 11.5. The number of nitrogens with one attached hydrogen (secondary N) is 1. The Morgan fingerprint density at radius 1 is 1.13 bits per heavy atom. The lowest BCUT2D eigenvalue weighted by Crippen LogP contribution is -2.33. The summed E-state index contributed by atoms with van der Waals surface area (Å²) in [6.45, 7) is 0. The summed E-state index contributed by atoms with van der Waals surface area (Å²) in [6.07, 6.45) is 0. The van der Waals surface area contributed by atoms with Gasteiger partial charge in [0.15, 0.2) is 5.78 Å². The Morgan fingerprint density at radius 2 is 1.93 bits per heavy atom. The van der Waals surface area contributed by atoms with Crippen molar-refractivity contribution in [1.82, 2.24) is 20.2 Å². The molecule has 0 bridgehead atoms. The van der Waals surface area contributed by atoms with E-state index >= 15 is 0 Å². The Bertz CT molecular complexity index is 1170. The van der Waals surface area contributed by atoms with Crippen LogP contribution in [0, 0.1) is 0 Å². The molecule has 0 aliphatic carbocycles. The van der Waals surface area contributed by atoms with Crippen LogP contribution < -0.4 is 10.1 Å². The van der Waals surface area contributed by atoms with E-state index in [9.17, 15) is 9.59 Å². The smallest absolute Gasteiger partial charge is 0.355 e. The molecule has 1 aromatic heterocycles. The number of benzene rings is 2. The van der Waals surface area contributed by atoms with E-state index in [0.717, 1.165) is 0 Å². The summed E-state index contributed by atoms with van der Waals surface area (Å²) in [5.74, 6) is -0.467. The first-order chi connectivity index (χ1) is 14.5. The van der Waals surface area contributed by atoms with Gasteiger partial charge in [-0.1, -0.05) is 47.0 Å². The number of halogens is 1. The monoisotopic (exact) mass is 425 g/mol. The van der Waals surface area contributed by atoms with Crippen molar-refractivity contribution in [3.05, 3.63) is 76.0 Å². The fourth-order valence-corrected chi connectivity index (χ4v) is 3.53. The Hall–Kier alpha value is -3.72. The number of rotatable bonds is 5. The highest BCUT2D eigenvalue weighted by Crippen LogP contribution is 2.39. The molecule has 2 heterocycles. The summed E-state index contributed by atoms with van der Waals surface area (Å²) >= 11 is 6.44. The molecular formula is C20H16ClN5O4. The number of ketones is 1. The molecule has 0 radical (unpaired) electrons. The van der Waals surface area contributed by atoms with E-state index in [-0.39, 0.29) is 17.2 Å². The van der Waals surface area contributed by atoms with Crippen molar-refractivity contribution in [3.63, 3.8) is 0 Å². The van der Waals surface area contributed by atoms with Crippen LogP contribution in [0.2, 0.25) is 5.02 Å². The van der Waals surface area contributed by atoms with Gasteiger partial charge in [0.25, 0.3) is 0 Å². The van der Waals surface area contributed by atoms with Crippen molar-refractivity contribution in [1.29, 1.82) is 0 Å². The van der Waals surface area contributed by atoms with Gasteiger partial charge in [-0.05, 0) is 28.6 Å². The minimum Gasteiger partial charge on any atom is -0.497 e. The summed E-state index contributed by atoms with van der Waals surface area (Å²) in [5, 5.41) is 14.8. The number of tetrazole rings is 1. The topological polar surface area (TPSA) is 108 Å². The molecule has 3 aromatic rings. The Labute approximate surface area is 176 Å². The van der Waals surface area contributed by atoms with Crippen molar-refractivity contribution in [2.75, 3.05) is 19.5 Å². The van der Waals surface area contributed by atoms with E-state index in [0.29, 0.717) is 21.9 Å². The molecule has 1 N–H and O–H groups in total. The van der Waals surface area contributed by atoms with E-state index < -0.39 is 17.8 Å². The van der Waals surface area contributed by atoms with Gasteiger partial charge in [-0.2, -0.15) is 4.68 Å². The number of ether oxygens (including phenoxy) is 2. The zero-order valence-corrected chi connectivity index (χ0v) is 16.8. The van der Waals surface area contributed by atoms with Crippen molar-refractivity contribution < 1.29 is 19.1 Å². The lowest BCUT2D eigenvalue weighted by molar-refractivity contribution is -0.136. The standard InChI is InChI=1S/C20H16ClN5O4/c1-29-12-7-5-6-11(10-12)18(27)15-16(19(28)30-2)22-20-23-24-25-26(20)17(15)13-8-3-4-9-14(13)21/h3-10,17H,1-2H3,(H,22,23,25)/t17-/m0/s1. The normalized spacial score (nSPS) is 15.2. The second-order valence-electron chi connectivity index (χ2n) is 6.34. The first kappa shape index (κ1) is 19.6. The lowest BCUT2D eigenvalue weighted by atomic mass is 9.89. The number of hydrogen-bond donors (Lipinski definition) is 1. The predicted octanol–water partition coefficient (Wildman–Crippen LogP) is 2.66. The van der Waals surface area contributed by atoms with Crippen LogP contribution in [-0.2, 0) is 9.53 Å². The highest BCUT2D eigenvalue weighted by molar-refractivity contribution is 6.31. The molecule has 9 nitrogen and oxygen atoms in total. The number of hydrogen-bond acceptors (Lipinski definition) is 8. The highest BCUT2D eigenvalue weighted by Gasteiger charge is 2.39. The maximum absolute atomic E-state index is 13.6. The number of esters is 1. The van der Waals surface area contributed by atoms with Gasteiger partial charge < -0.3 is 14.8 Å². The largest absolute Gasteiger partial charge is 0.497 e. The second kappa shape index (κ2) is 7.96. The number of Topliss-reactive ketones (excluding diaryl/α,β-unsaturated/α-hetero) is 1. The molecule has 0 amide bonds. The van der Waals surface area contributed by atoms with Gasteiger partial charge in [-0.15, -0.1) is 0 Å². The third-order valence-corrected chi connectivity index (χ3v) is 5.03. The van der Waals surface area contributed by atoms with Gasteiger partial charge in [-0.3, -0.25) is 4.79 Å². The Balaban J connectivity index is 1.97. The molecule has 1 aliphatic rings. The minimum atomic E-state index is -0.849. The van der Waals surface area contributed by atoms with E-state index in [1.165, 1.54) is 18.9 Å². The number of fused-ring (bicyclic) bond motifs is 1. The molecule has 2 aromatic carbocycles. The molecule has 0 saturated heterocycles. The molecule has 0 saturated carbocycles. The van der Waals surface area contributed by atoms with Crippen molar-refractivity contribution in [3.8, 4) is 5.75 Å². The molecule has 1 aliphatic heterocycles. The number of carbonyl (C=O) groups is 2. The molecule has 0 spiro atoms. The summed E-state index contributed by atoms with van der Waals surface area (Å²) in [5.41, 5.74) is 0.920. The number of nitrogens with zero attached hydrogens (tertiary/aromatic N) is 4. The first-order valence-electron chi connectivity index (χ1n) is 8.85. The first-order valence-corrected chi connectivity index (χ1v) is 9.23. The van der Waals surface area contributed by atoms with Crippen molar-refractivity contribution >= 4 is 29.3 Å².